The summed E-state index contributed by atoms with van der Waals surface area (Å²) in [7, 11) is -1.54. The molecule has 0 radical (unpaired) electrons. The van der Waals surface area contributed by atoms with E-state index in [1.807, 2.05) is 48.5 Å². The highest BCUT2D eigenvalue weighted by Crippen LogP contribution is 2.32. The van der Waals surface area contributed by atoms with Gasteiger partial charge in [-0.2, -0.15) is 5.10 Å². The number of fused-ring (bicyclic) bond motifs is 2. The molecule has 1 aromatic heterocycles. The number of benzene rings is 3. The van der Waals surface area contributed by atoms with Gasteiger partial charge in [0.25, 0.3) is 10.0 Å². The van der Waals surface area contributed by atoms with Crippen LogP contribution < -0.4 is 4.72 Å². The topological polar surface area (TPSA) is 78.1 Å². The van der Waals surface area contributed by atoms with Gasteiger partial charge in [0.2, 0.25) is 0 Å². The number of hydrogen-bond acceptors (Lipinski definition) is 4. The fourth-order valence-corrected chi connectivity index (χ4v) is 5.33. The Balaban J connectivity index is 1.42. The number of sulfonamides is 1. The van der Waals surface area contributed by atoms with Crippen LogP contribution in [0.2, 0.25) is 0 Å². The Morgan fingerprint density at radius 1 is 1.00 bits per heavy atom. The summed E-state index contributed by atoms with van der Waals surface area (Å²) in [4.78, 5) is 2.59. The van der Waals surface area contributed by atoms with E-state index in [1.165, 1.54) is 0 Å². The molecule has 1 fully saturated rings. The van der Waals surface area contributed by atoms with E-state index in [2.05, 4.69) is 26.9 Å². The molecule has 6 nitrogen and oxygen atoms in total. The molecular formula is C23H24N4O2S. The van der Waals surface area contributed by atoms with Crippen molar-refractivity contribution in [1.29, 1.82) is 0 Å². The van der Waals surface area contributed by atoms with E-state index in [4.69, 9.17) is 0 Å². The lowest BCUT2D eigenvalue weighted by Gasteiger charge is -2.28. The van der Waals surface area contributed by atoms with Gasteiger partial charge in [-0.25, -0.2) is 8.42 Å². The van der Waals surface area contributed by atoms with Crippen molar-refractivity contribution in [2.45, 2.75) is 23.7 Å². The molecule has 5 rings (SSSR count). The molecule has 1 aliphatic heterocycles. The molecule has 1 saturated heterocycles. The molecule has 4 aromatic rings. The van der Waals surface area contributed by atoms with Crippen LogP contribution in [0.5, 0.6) is 0 Å². The highest BCUT2D eigenvalue weighted by molar-refractivity contribution is 7.92. The molecule has 0 aliphatic carbocycles. The third-order valence-electron chi connectivity index (χ3n) is 5.98. The number of aromatic amines is 1. The van der Waals surface area contributed by atoms with Crippen LogP contribution in [0.25, 0.3) is 21.7 Å². The molecule has 7 heteroatoms. The van der Waals surface area contributed by atoms with E-state index in [9.17, 15) is 8.42 Å². The van der Waals surface area contributed by atoms with E-state index in [1.54, 1.807) is 12.1 Å². The van der Waals surface area contributed by atoms with Crippen molar-refractivity contribution in [1.82, 2.24) is 15.1 Å². The zero-order chi connectivity index (χ0) is 20.7. The molecule has 30 heavy (non-hydrogen) atoms. The van der Waals surface area contributed by atoms with Crippen molar-refractivity contribution >= 4 is 37.4 Å². The highest BCUT2D eigenvalue weighted by atomic mass is 32.2. The number of hydrogen-bond donors (Lipinski definition) is 2. The van der Waals surface area contributed by atoms with Gasteiger partial charge < -0.3 is 4.90 Å². The lowest BCUT2D eigenvalue weighted by molar-refractivity contribution is 0.254. The van der Waals surface area contributed by atoms with Gasteiger partial charge in [0.05, 0.1) is 21.8 Å². The first-order chi connectivity index (χ1) is 14.5. The van der Waals surface area contributed by atoms with Gasteiger partial charge in [-0.1, -0.05) is 30.3 Å². The fraction of sp³-hybridized carbons (Fsp3) is 0.261. The summed E-state index contributed by atoms with van der Waals surface area (Å²) in [6, 6.07) is 18.5. The number of rotatable bonds is 4. The number of nitrogens with zero attached hydrogens (tertiary/aromatic N) is 2. The van der Waals surface area contributed by atoms with E-state index in [-0.39, 0.29) is 4.90 Å². The smallest absolute Gasteiger partial charge is 0.261 e. The first-order valence-electron chi connectivity index (χ1n) is 10.2. The molecule has 3 aromatic carbocycles. The summed E-state index contributed by atoms with van der Waals surface area (Å²) in [6.07, 6.45) is 2.18. The van der Waals surface area contributed by atoms with Gasteiger partial charge in [-0.05, 0) is 74.1 Å². The van der Waals surface area contributed by atoms with E-state index >= 15 is 0 Å². The van der Waals surface area contributed by atoms with Crippen LogP contribution in [0.4, 0.5) is 5.69 Å². The van der Waals surface area contributed by atoms with Crippen molar-refractivity contribution < 1.29 is 8.42 Å². The number of H-pyrrole nitrogens is 1. The zero-order valence-corrected chi connectivity index (χ0v) is 17.6. The average Bonchev–Trinajstić information content (AvgIpc) is 3.17. The number of likely N-dealkylation sites (tertiary alicyclic amines) is 1. The molecule has 2 N–H and O–H groups in total. The van der Waals surface area contributed by atoms with Crippen LogP contribution in [0.1, 0.15) is 24.5 Å². The van der Waals surface area contributed by atoms with Gasteiger partial charge in [-0.15, -0.1) is 0 Å². The molecule has 1 aliphatic rings. The van der Waals surface area contributed by atoms with Crippen molar-refractivity contribution in [3.8, 4) is 0 Å². The maximum Gasteiger partial charge on any atom is 0.261 e. The average molecular weight is 421 g/mol. The normalized spacial score (nSPS) is 16.3. The molecule has 0 saturated carbocycles. The second-order valence-corrected chi connectivity index (χ2v) is 9.74. The number of nitrogens with one attached hydrogen (secondary N) is 2. The maximum atomic E-state index is 12.9. The summed E-state index contributed by atoms with van der Waals surface area (Å²) in [5, 5.41) is 10.6. The van der Waals surface area contributed by atoms with Crippen molar-refractivity contribution in [2.75, 3.05) is 24.9 Å². The standard InChI is InChI=1S/C23H24N4O2S/c1-27-12-10-17(11-13-27)23-21-9-7-19(15-22(21)24-25-23)26-30(28,29)20-8-6-16-4-2-3-5-18(16)14-20/h2-9,14-15,17,26H,10-13H2,1H3,(H,24,25). The van der Waals surface area contributed by atoms with Gasteiger partial charge in [-0.3, -0.25) is 9.82 Å². The Labute approximate surface area is 176 Å². The van der Waals surface area contributed by atoms with Crippen molar-refractivity contribution in [2.24, 2.45) is 0 Å². The summed E-state index contributed by atoms with van der Waals surface area (Å²) in [6.45, 7) is 2.14. The fourth-order valence-electron chi connectivity index (χ4n) is 4.25. The first-order valence-corrected chi connectivity index (χ1v) is 11.7. The van der Waals surface area contributed by atoms with Gasteiger partial charge in [0.1, 0.15) is 0 Å². The predicted octanol–water partition coefficient (Wildman–Crippen LogP) is 4.33. The summed E-state index contributed by atoms with van der Waals surface area (Å²) < 4.78 is 28.5. The Bertz CT molecular complexity index is 1320. The van der Waals surface area contributed by atoms with Crippen LogP contribution in [0.3, 0.4) is 0 Å². The molecular weight excluding hydrogens is 396 g/mol. The minimum Gasteiger partial charge on any atom is -0.306 e. The third-order valence-corrected chi connectivity index (χ3v) is 7.36. The van der Waals surface area contributed by atoms with E-state index < -0.39 is 10.0 Å². The van der Waals surface area contributed by atoms with Crippen molar-refractivity contribution in [3.63, 3.8) is 0 Å². The van der Waals surface area contributed by atoms with Crippen LogP contribution >= 0.6 is 0 Å². The monoisotopic (exact) mass is 420 g/mol. The van der Waals surface area contributed by atoms with E-state index in [0.29, 0.717) is 11.6 Å². The lowest BCUT2D eigenvalue weighted by atomic mass is 9.92. The highest BCUT2D eigenvalue weighted by Gasteiger charge is 2.23. The molecule has 0 unspecified atom stereocenters. The summed E-state index contributed by atoms with van der Waals surface area (Å²) >= 11 is 0. The Kier molecular flexibility index (Phi) is 4.72. The quantitative estimate of drug-likeness (QED) is 0.515. The number of anilines is 1. The van der Waals surface area contributed by atoms with Crippen LogP contribution in [0.15, 0.2) is 65.6 Å². The molecule has 0 amide bonds. The molecule has 154 valence electrons. The summed E-state index contributed by atoms with van der Waals surface area (Å²) in [5.41, 5.74) is 2.46. The van der Waals surface area contributed by atoms with Crippen LogP contribution in [0, 0.1) is 0 Å². The second-order valence-electron chi connectivity index (χ2n) is 8.06. The largest absolute Gasteiger partial charge is 0.306 e. The Hall–Kier alpha value is -2.90. The van der Waals surface area contributed by atoms with Gasteiger partial charge >= 0.3 is 0 Å². The predicted molar refractivity (Wildman–Crippen MR) is 120 cm³/mol. The lowest BCUT2D eigenvalue weighted by Crippen LogP contribution is -2.29. The molecule has 2 heterocycles. The SMILES string of the molecule is CN1CCC(c2n[nH]c3cc(NS(=O)(=O)c4ccc5ccccc5c4)ccc23)CC1. The minimum atomic E-state index is -3.68. The third kappa shape index (κ3) is 3.55. The first kappa shape index (κ1) is 19.1. The maximum absolute atomic E-state index is 12.9. The molecule has 0 atom stereocenters. The van der Waals surface area contributed by atoms with Crippen molar-refractivity contribution in [3.05, 3.63) is 66.4 Å². The van der Waals surface area contributed by atoms with Gasteiger partial charge in [0.15, 0.2) is 0 Å². The minimum absolute atomic E-state index is 0.248. The molecule has 0 bridgehead atoms. The Morgan fingerprint density at radius 2 is 1.77 bits per heavy atom. The number of aromatic nitrogens is 2. The Morgan fingerprint density at radius 3 is 2.57 bits per heavy atom. The summed E-state index contributed by atoms with van der Waals surface area (Å²) in [5.74, 6) is 0.440. The van der Waals surface area contributed by atoms with E-state index in [0.717, 1.165) is 53.3 Å². The second kappa shape index (κ2) is 7.41. The van der Waals surface area contributed by atoms with Crippen LogP contribution in [-0.2, 0) is 10.0 Å². The zero-order valence-electron chi connectivity index (χ0n) is 16.8. The number of piperidine rings is 1. The van der Waals surface area contributed by atoms with Crippen LogP contribution in [-0.4, -0.2) is 43.7 Å². The molecule has 0 spiro atoms. The van der Waals surface area contributed by atoms with Gasteiger partial charge in [0, 0.05) is 11.3 Å².